The molecule has 0 aromatic carbocycles. The topological polar surface area (TPSA) is 95.9 Å². The summed E-state index contributed by atoms with van der Waals surface area (Å²) in [7, 11) is 0. The molecule has 0 radical (unpaired) electrons. The molecule has 384 valence electrons. The molecular weight excluding hydrogens is 803 g/mol. The quantitative estimate of drug-likeness (QED) is 0.0321. The Morgan fingerprint density at radius 2 is 0.723 bits per heavy atom. The minimum atomic E-state index is -0.841. The molecule has 2 atom stereocenters. The molecule has 0 spiro atoms. The lowest BCUT2D eigenvalue weighted by Gasteiger charge is -2.20. The van der Waals surface area contributed by atoms with Gasteiger partial charge in [0.25, 0.3) is 0 Å². The second-order valence-corrected chi connectivity index (χ2v) is 20.0. The number of allylic oxidation sites excluding steroid dienone is 3. The molecule has 0 aliphatic heterocycles. The van der Waals surface area contributed by atoms with E-state index in [0.29, 0.717) is 19.4 Å². The summed E-state index contributed by atoms with van der Waals surface area (Å²) in [6, 6.07) is -0.625. The van der Waals surface area contributed by atoms with Crippen molar-refractivity contribution in [3.8, 4) is 0 Å². The van der Waals surface area contributed by atoms with Gasteiger partial charge in [0, 0.05) is 12.8 Å². The number of hydrogen-bond donors (Lipinski definition) is 3. The van der Waals surface area contributed by atoms with Crippen LogP contribution in [0.15, 0.2) is 24.3 Å². The Balaban J connectivity index is 3.35. The van der Waals surface area contributed by atoms with E-state index in [0.717, 1.165) is 44.9 Å². The van der Waals surface area contributed by atoms with E-state index in [9.17, 15) is 19.8 Å². The molecule has 0 saturated heterocycles. The van der Waals surface area contributed by atoms with Crippen molar-refractivity contribution < 1.29 is 24.5 Å². The van der Waals surface area contributed by atoms with E-state index in [1.165, 1.54) is 244 Å². The SMILES string of the molecule is CCCCCCCCC/C=C\CCCCCCCC(=O)OCCCCCCCCCCCCCCCCCCCCCCCCCC(=O)NC(CO)C(O)/C=C/CCCCCCCCC. The average molecular weight is 917 g/mol. The van der Waals surface area contributed by atoms with E-state index in [1.54, 1.807) is 6.08 Å². The van der Waals surface area contributed by atoms with Crippen molar-refractivity contribution in [1.29, 1.82) is 0 Å². The molecule has 2 unspecified atom stereocenters. The molecule has 0 bridgehead atoms. The number of carbonyl (C=O) groups is 2. The summed E-state index contributed by atoms with van der Waals surface area (Å²) < 4.78 is 5.48. The zero-order valence-electron chi connectivity index (χ0n) is 43.7. The van der Waals surface area contributed by atoms with Gasteiger partial charge < -0.3 is 20.3 Å². The van der Waals surface area contributed by atoms with Crippen LogP contribution in [0, 0.1) is 0 Å². The van der Waals surface area contributed by atoms with Crippen molar-refractivity contribution >= 4 is 11.9 Å². The highest BCUT2D eigenvalue weighted by atomic mass is 16.5. The number of carbonyl (C=O) groups excluding carboxylic acids is 2. The molecule has 0 rings (SSSR count). The van der Waals surface area contributed by atoms with Crippen molar-refractivity contribution in [1.82, 2.24) is 5.32 Å². The lowest BCUT2D eigenvalue weighted by atomic mass is 10.0. The third-order valence-corrected chi connectivity index (χ3v) is 13.5. The summed E-state index contributed by atoms with van der Waals surface area (Å²) in [6.45, 7) is 4.88. The monoisotopic (exact) mass is 916 g/mol. The summed E-state index contributed by atoms with van der Waals surface area (Å²) in [6.07, 6.45) is 66.5. The van der Waals surface area contributed by atoms with Crippen molar-refractivity contribution in [3.63, 3.8) is 0 Å². The number of amides is 1. The van der Waals surface area contributed by atoms with Crippen molar-refractivity contribution in [2.75, 3.05) is 13.2 Å². The number of unbranched alkanes of at least 4 members (excludes halogenated alkanes) is 41. The standard InChI is InChI=1S/C59H113NO5/c1-3-5-7-9-11-13-14-15-16-27-30-33-37-41-45-49-53-59(64)65-54-50-46-42-38-34-31-28-25-23-21-19-17-18-20-22-24-26-29-32-36-40-44-48-52-58(63)60-56(55-61)57(62)51-47-43-39-35-12-10-8-6-4-2/h16,27,47,51,56-57,61-62H,3-15,17-26,28-46,48-50,52-55H2,1-2H3,(H,60,63)/b27-16-,51-47+. The first-order valence-electron chi connectivity index (χ1n) is 29.1. The predicted octanol–water partition coefficient (Wildman–Crippen LogP) is 17.9. The zero-order valence-corrected chi connectivity index (χ0v) is 43.7. The van der Waals surface area contributed by atoms with Crippen LogP contribution in [0.1, 0.15) is 316 Å². The Morgan fingerprint density at radius 1 is 0.415 bits per heavy atom. The normalized spacial score (nSPS) is 12.7. The second kappa shape index (κ2) is 54.9. The minimum Gasteiger partial charge on any atom is -0.466 e. The van der Waals surface area contributed by atoms with E-state index in [4.69, 9.17) is 4.74 Å². The highest BCUT2D eigenvalue weighted by Crippen LogP contribution is 2.17. The smallest absolute Gasteiger partial charge is 0.305 e. The van der Waals surface area contributed by atoms with Gasteiger partial charge in [0.2, 0.25) is 5.91 Å². The number of hydrogen-bond acceptors (Lipinski definition) is 5. The molecule has 0 aliphatic carbocycles. The van der Waals surface area contributed by atoms with Gasteiger partial charge >= 0.3 is 5.97 Å². The van der Waals surface area contributed by atoms with Gasteiger partial charge in [0.15, 0.2) is 0 Å². The van der Waals surface area contributed by atoms with E-state index in [2.05, 4.69) is 31.3 Å². The lowest BCUT2D eigenvalue weighted by Crippen LogP contribution is -2.45. The number of rotatable bonds is 54. The molecule has 3 N–H and O–H groups in total. The Kier molecular flexibility index (Phi) is 53.5. The molecular formula is C59H113NO5. The van der Waals surface area contributed by atoms with E-state index in [-0.39, 0.29) is 18.5 Å². The fourth-order valence-electron chi connectivity index (χ4n) is 8.98. The largest absolute Gasteiger partial charge is 0.466 e. The number of esters is 1. The van der Waals surface area contributed by atoms with E-state index >= 15 is 0 Å². The van der Waals surface area contributed by atoms with Gasteiger partial charge in [-0.15, -0.1) is 0 Å². The van der Waals surface area contributed by atoms with Crippen molar-refractivity contribution in [2.45, 2.75) is 328 Å². The maximum absolute atomic E-state index is 12.4. The summed E-state index contributed by atoms with van der Waals surface area (Å²) in [5.41, 5.74) is 0. The highest BCUT2D eigenvalue weighted by molar-refractivity contribution is 5.76. The Bertz CT molecular complexity index is 1010. The first-order valence-corrected chi connectivity index (χ1v) is 29.1. The molecule has 0 aromatic rings. The van der Waals surface area contributed by atoms with Crippen LogP contribution in [-0.2, 0) is 14.3 Å². The van der Waals surface area contributed by atoms with Crippen LogP contribution in [0.25, 0.3) is 0 Å². The molecule has 1 amide bonds. The predicted molar refractivity (Wildman–Crippen MR) is 283 cm³/mol. The Hall–Kier alpha value is -1.66. The van der Waals surface area contributed by atoms with Gasteiger partial charge in [-0.05, 0) is 57.8 Å². The van der Waals surface area contributed by atoms with Gasteiger partial charge in [0.05, 0.1) is 25.4 Å². The van der Waals surface area contributed by atoms with Crippen molar-refractivity contribution in [3.05, 3.63) is 24.3 Å². The van der Waals surface area contributed by atoms with E-state index < -0.39 is 12.1 Å². The van der Waals surface area contributed by atoms with Crippen LogP contribution in [0.4, 0.5) is 0 Å². The van der Waals surface area contributed by atoms with Gasteiger partial charge in [-0.3, -0.25) is 9.59 Å². The molecule has 0 fully saturated rings. The van der Waals surface area contributed by atoms with Crippen LogP contribution >= 0.6 is 0 Å². The summed E-state index contributed by atoms with van der Waals surface area (Å²) in [4.78, 5) is 24.4. The average Bonchev–Trinajstić information content (AvgIpc) is 3.31. The minimum absolute atomic E-state index is 0.00638. The Morgan fingerprint density at radius 3 is 1.09 bits per heavy atom. The van der Waals surface area contributed by atoms with Gasteiger partial charge in [-0.25, -0.2) is 0 Å². The Labute approximate surface area is 405 Å². The maximum Gasteiger partial charge on any atom is 0.305 e. The van der Waals surface area contributed by atoms with Crippen molar-refractivity contribution in [2.24, 2.45) is 0 Å². The fraction of sp³-hybridized carbons (Fsp3) is 0.898. The van der Waals surface area contributed by atoms with Crippen LogP contribution < -0.4 is 5.32 Å². The fourth-order valence-corrected chi connectivity index (χ4v) is 8.98. The number of ether oxygens (including phenoxy) is 1. The molecule has 65 heavy (non-hydrogen) atoms. The highest BCUT2D eigenvalue weighted by Gasteiger charge is 2.18. The second-order valence-electron chi connectivity index (χ2n) is 20.0. The van der Waals surface area contributed by atoms with Gasteiger partial charge in [-0.2, -0.15) is 0 Å². The molecule has 0 aliphatic rings. The van der Waals surface area contributed by atoms with Crippen LogP contribution in [0.3, 0.4) is 0 Å². The third-order valence-electron chi connectivity index (χ3n) is 13.5. The molecule has 6 heteroatoms. The molecule has 6 nitrogen and oxygen atoms in total. The van der Waals surface area contributed by atoms with Gasteiger partial charge in [0.1, 0.15) is 0 Å². The molecule has 0 aromatic heterocycles. The summed E-state index contributed by atoms with van der Waals surface area (Å²) in [5, 5.41) is 22.9. The van der Waals surface area contributed by atoms with Gasteiger partial charge in [-0.1, -0.05) is 269 Å². The van der Waals surface area contributed by atoms with Crippen LogP contribution in [-0.4, -0.2) is 47.4 Å². The third kappa shape index (κ3) is 51.6. The first-order chi connectivity index (χ1) is 32.0. The lowest BCUT2D eigenvalue weighted by molar-refractivity contribution is -0.143. The number of aliphatic hydroxyl groups is 2. The van der Waals surface area contributed by atoms with E-state index in [1.807, 2.05) is 6.08 Å². The number of aliphatic hydroxyl groups excluding tert-OH is 2. The number of nitrogens with one attached hydrogen (secondary N) is 1. The summed E-state index contributed by atoms with van der Waals surface area (Å²) in [5.74, 6) is -0.0634. The summed E-state index contributed by atoms with van der Waals surface area (Å²) >= 11 is 0. The molecule has 0 saturated carbocycles. The zero-order chi connectivity index (χ0) is 47.2. The van der Waals surface area contributed by atoms with Crippen LogP contribution in [0.2, 0.25) is 0 Å². The first kappa shape index (κ1) is 63.3. The maximum atomic E-state index is 12.4. The molecule has 0 heterocycles. The van der Waals surface area contributed by atoms with Crippen LogP contribution in [0.5, 0.6) is 0 Å².